The zero-order chi connectivity index (χ0) is 17.2. The Hall–Kier alpha value is -1.76. The molecule has 1 heterocycles. The van der Waals surface area contributed by atoms with E-state index in [-0.39, 0.29) is 17.3 Å². The number of hydrogen-bond acceptors (Lipinski definition) is 4. The van der Waals surface area contributed by atoms with Gasteiger partial charge in [0.25, 0.3) is 10.0 Å². The molecule has 0 unspecified atom stereocenters. The highest BCUT2D eigenvalue weighted by Gasteiger charge is 2.22. The van der Waals surface area contributed by atoms with Crippen LogP contribution in [0.3, 0.4) is 0 Å². The molecule has 136 valence electrons. The number of rotatable bonds is 5. The smallest absolute Gasteiger partial charge is 0.265 e. The van der Waals surface area contributed by atoms with E-state index in [1.807, 2.05) is 25.1 Å². The summed E-state index contributed by atoms with van der Waals surface area (Å²) >= 11 is 0. The molecule has 25 heavy (non-hydrogen) atoms. The lowest BCUT2D eigenvalue weighted by molar-refractivity contribution is 0.402. The third kappa shape index (κ3) is 4.08. The molecule has 0 saturated carbocycles. The van der Waals surface area contributed by atoms with Gasteiger partial charge in [-0.1, -0.05) is 25.1 Å². The number of nitrogens with one attached hydrogen (secondary N) is 2. The van der Waals surface area contributed by atoms with Crippen molar-refractivity contribution in [2.45, 2.75) is 31.2 Å². The Bertz CT molecular complexity index is 853. The first-order valence-corrected chi connectivity index (χ1v) is 9.54. The van der Waals surface area contributed by atoms with Gasteiger partial charge in [-0.05, 0) is 54.3 Å². The third-order valence-corrected chi connectivity index (χ3v) is 5.70. The van der Waals surface area contributed by atoms with Gasteiger partial charge >= 0.3 is 0 Å². The number of methoxy groups -OCH3 is 1. The van der Waals surface area contributed by atoms with Gasteiger partial charge in [-0.3, -0.25) is 4.72 Å². The quantitative estimate of drug-likeness (QED) is 0.833. The lowest BCUT2D eigenvalue weighted by Gasteiger charge is -2.21. The second kappa shape index (κ2) is 8.08. The van der Waals surface area contributed by atoms with Gasteiger partial charge in [0.2, 0.25) is 0 Å². The maximum absolute atomic E-state index is 12.9. The van der Waals surface area contributed by atoms with Gasteiger partial charge in [-0.25, -0.2) is 8.42 Å². The summed E-state index contributed by atoms with van der Waals surface area (Å²) < 4.78 is 33.8. The molecule has 0 aromatic heterocycles. The van der Waals surface area contributed by atoms with E-state index in [1.165, 1.54) is 12.7 Å². The third-order valence-electron chi connectivity index (χ3n) is 4.32. The Morgan fingerprint density at radius 3 is 2.76 bits per heavy atom. The number of hydrogen-bond donors (Lipinski definition) is 2. The minimum atomic E-state index is -3.72. The molecule has 7 heteroatoms. The van der Waals surface area contributed by atoms with E-state index in [1.54, 1.807) is 18.2 Å². The SMILES string of the molecule is CCc1ccc(OC)c(S(=O)(=O)Nc2cccc3c2CNCC3)c1.Cl. The molecular formula is C18H23ClN2O3S. The van der Waals surface area contributed by atoms with Crippen LogP contribution in [-0.2, 0) is 29.4 Å². The van der Waals surface area contributed by atoms with Gasteiger partial charge in [0.15, 0.2) is 0 Å². The first-order valence-electron chi connectivity index (χ1n) is 8.06. The summed E-state index contributed by atoms with van der Waals surface area (Å²) in [5.74, 6) is 0.350. The maximum Gasteiger partial charge on any atom is 0.265 e. The summed E-state index contributed by atoms with van der Waals surface area (Å²) in [6.45, 7) is 3.57. The van der Waals surface area contributed by atoms with Crippen molar-refractivity contribution in [3.8, 4) is 5.75 Å². The summed E-state index contributed by atoms with van der Waals surface area (Å²) in [5.41, 5.74) is 3.78. The van der Waals surface area contributed by atoms with Crippen LogP contribution in [0.1, 0.15) is 23.6 Å². The minimum Gasteiger partial charge on any atom is -0.495 e. The average Bonchev–Trinajstić information content (AvgIpc) is 2.61. The lowest BCUT2D eigenvalue weighted by Crippen LogP contribution is -2.25. The van der Waals surface area contributed by atoms with Crippen LogP contribution >= 0.6 is 12.4 Å². The molecule has 2 N–H and O–H groups in total. The topological polar surface area (TPSA) is 67.4 Å². The summed E-state index contributed by atoms with van der Waals surface area (Å²) in [4.78, 5) is 0.172. The van der Waals surface area contributed by atoms with E-state index < -0.39 is 10.0 Å². The van der Waals surface area contributed by atoms with E-state index in [2.05, 4.69) is 10.0 Å². The molecule has 0 spiro atoms. The second-order valence-electron chi connectivity index (χ2n) is 5.81. The molecule has 5 nitrogen and oxygen atoms in total. The number of benzene rings is 2. The van der Waals surface area contributed by atoms with Crippen LogP contribution in [0.5, 0.6) is 5.75 Å². The fourth-order valence-corrected chi connectivity index (χ4v) is 4.27. The fourth-order valence-electron chi connectivity index (χ4n) is 2.96. The van der Waals surface area contributed by atoms with Crippen LogP contribution < -0.4 is 14.8 Å². The Balaban J connectivity index is 0.00000225. The van der Waals surface area contributed by atoms with Crippen LogP contribution in [-0.4, -0.2) is 22.1 Å². The number of fused-ring (bicyclic) bond motifs is 1. The van der Waals surface area contributed by atoms with E-state index >= 15 is 0 Å². The largest absolute Gasteiger partial charge is 0.495 e. The summed E-state index contributed by atoms with van der Waals surface area (Å²) in [5, 5.41) is 3.29. The molecule has 0 saturated heterocycles. The molecule has 0 radical (unpaired) electrons. The predicted molar refractivity (Wildman–Crippen MR) is 102 cm³/mol. The van der Waals surface area contributed by atoms with Gasteiger partial charge in [0, 0.05) is 6.54 Å². The van der Waals surface area contributed by atoms with Crippen LogP contribution in [0, 0.1) is 0 Å². The Morgan fingerprint density at radius 2 is 2.04 bits per heavy atom. The van der Waals surface area contributed by atoms with Gasteiger partial charge in [-0.2, -0.15) is 0 Å². The van der Waals surface area contributed by atoms with Crippen molar-refractivity contribution in [1.29, 1.82) is 0 Å². The lowest BCUT2D eigenvalue weighted by atomic mass is 10.00. The van der Waals surface area contributed by atoms with Crippen molar-refractivity contribution in [3.63, 3.8) is 0 Å². The highest BCUT2D eigenvalue weighted by atomic mass is 35.5. The Kier molecular flexibility index (Phi) is 6.32. The highest BCUT2D eigenvalue weighted by Crippen LogP contribution is 2.30. The van der Waals surface area contributed by atoms with Crippen molar-refractivity contribution in [2.75, 3.05) is 18.4 Å². The van der Waals surface area contributed by atoms with Crippen LogP contribution in [0.15, 0.2) is 41.3 Å². The van der Waals surface area contributed by atoms with Crippen molar-refractivity contribution >= 4 is 28.1 Å². The molecule has 0 fully saturated rings. The van der Waals surface area contributed by atoms with Crippen LogP contribution in [0.2, 0.25) is 0 Å². The zero-order valence-electron chi connectivity index (χ0n) is 14.3. The Labute approximate surface area is 155 Å². The molecule has 0 bridgehead atoms. The van der Waals surface area contributed by atoms with Gasteiger partial charge < -0.3 is 10.1 Å². The molecule has 0 aliphatic carbocycles. The maximum atomic E-state index is 12.9. The molecule has 1 aliphatic rings. The molecule has 3 rings (SSSR count). The summed E-state index contributed by atoms with van der Waals surface area (Å²) in [7, 11) is -2.24. The van der Waals surface area contributed by atoms with Crippen molar-refractivity contribution in [3.05, 3.63) is 53.1 Å². The molecule has 2 aromatic rings. The van der Waals surface area contributed by atoms with Crippen LogP contribution in [0.25, 0.3) is 0 Å². The number of halogens is 1. The second-order valence-corrected chi connectivity index (χ2v) is 7.47. The number of anilines is 1. The molecule has 2 aromatic carbocycles. The molecular weight excluding hydrogens is 360 g/mol. The number of ether oxygens (including phenoxy) is 1. The van der Waals surface area contributed by atoms with Gasteiger partial charge in [0.1, 0.15) is 10.6 Å². The van der Waals surface area contributed by atoms with E-state index in [0.717, 1.165) is 30.5 Å². The van der Waals surface area contributed by atoms with Crippen molar-refractivity contribution in [1.82, 2.24) is 5.32 Å². The molecule has 0 atom stereocenters. The first-order chi connectivity index (χ1) is 11.5. The number of aryl methyl sites for hydroxylation is 1. The average molecular weight is 383 g/mol. The molecule has 0 amide bonds. The normalized spacial score (nSPS) is 13.5. The fraction of sp³-hybridized carbons (Fsp3) is 0.333. The molecule has 1 aliphatic heterocycles. The minimum absolute atomic E-state index is 0. The predicted octanol–water partition coefficient (Wildman–Crippen LogP) is 3.13. The highest BCUT2D eigenvalue weighted by molar-refractivity contribution is 7.92. The summed E-state index contributed by atoms with van der Waals surface area (Å²) in [6.07, 6.45) is 1.66. The van der Waals surface area contributed by atoms with E-state index in [9.17, 15) is 8.42 Å². The van der Waals surface area contributed by atoms with Crippen molar-refractivity contribution in [2.24, 2.45) is 0 Å². The Morgan fingerprint density at radius 1 is 1.24 bits per heavy atom. The van der Waals surface area contributed by atoms with Gasteiger partial charge in [-0.15, -0.1) is 12.4 Å². The van der Waals surface area contributed by atoms with Crippen molar-refractivity contribution < 1.29 is 13.2 Å². The number of sulfonamides is 1. The summed E-state index contributed by atoms with van der Waals surface area (Å²) in [6, 6.07) is 11.0. The van der Waals surface area contributed by atoms with Crippen LogP contribution in [0.4, 0.5) is 5.69 Å². The monoisotopic (exact) mass is 382 g/mol. The van der Waals surface area contributed by atoms with Gasteiger partial charge in [0.05, 0.1) is 12.8 Å². The standard InChI is InChI=1S/C18H22N2O3S.ClH/c1-3-13-7-8-17(23-2)18(11-13)24(21,22)20-16-6-4-5-14-9-10-19-12-15(14)16;/h4-8,11,19-20H,3,9-10,12H2,1-2H3;1H. The first kappa shape index (κ1) is 19.6. The zero-order valence-corrected chi connectivity index (χ0v) is 16.0. The van der Waals surface area contributed by atoms with E-state index in [0.29, 0.717) is 18.0 Å². The van der Waals surface area contributed by atoms with E-state index in [4.69, 9.17) is 4.74 Å².